The summed E-state index contributed by atoms with van der Waals surface area (Å²) in [5.74, 6) is 0.0166. The minimum absolute atomic E-state index is 0.391. The highest BCUT2D eigenvalue weighted by Gasteiger charge is 2.10. The van der Waals surface area contributed by atoms with Gasteiger partial charge in [-0.2, -0.15) is 0 Å². The molecule has 1 amide bonds. The number of fused-ring (bicyclic) bond motifs is 1. The first-order valence-corrected chi connectivity index (χ1v) is 4.17. The van der Waals surface area contributed by atoms with Crippen LogP contribution in [0.4, 0.5) is 0 Å². The Morgan fingerprint density at radius 2 is 2.29 bits per heavy atom. The number of hydrogen-bond donors (Lipinski definition) is 2. The van der Waals surface area contributed by atoms with Crippen LogP contribution in [-0.4, -0.2) is 18.0 Å². The average molecular weight is 190 g/mol. The van der Waals surface area contributed by atoms with Gasteiger partial charge in [-0.1, -0.05) is 0 Å². The molecule has 0 radical (unpaired) electrons. The highest BCUT2D eigenvalue weighted by atomic mass is 16.5. The molecule has 0 saturated heterocycles. The van der Waals surface area contributed by atoms with Crippen molar-refractivity contribution >= 4 is 16.8 Å². The van der Waals surface area contributed by atoms with E-state index in [2.05, 4.69) is 4.98 Å². The molecule has 0 aliphatic carbocycles. The van der Waals surface area contributed by atoms with Crippen LogP contribution in [0.3, 0.4) is 0 Å². The fourth-order valence-electron chi connectivity index (χ4n) is 1.44. The van der Waals surface area contributed by atoms with Crippen molar-refractivity contribution in [2.24, 2.45) is 5.73 Å². The number of carbonyl (C=O) groups excluding carboxylic acids is 1. The molecule has 0 saturated carbocycles. The molecule has 0 atom stereocenters. The second-order valence-electron chi connectivity index (χ2n) is 2.98. The van der Waals surface area contributed by atoms with Crippen molar-refractivity contribution in [1.29, 1.82) is 0 Å². The molecule has 2 rings (SSSR count). The van der Waals surface area contributed by atoms with E-state index >= 15 is 0 Å². The van der Waals surface area contributed by atoms with Gasteiger partial charge in [0.1, 0.15) is 5.75 Å². The second-order valence-corrected chi connectivity index (χ2v) is 2.98. The van der Waals surface area contributed by atoms with Crippen molar-refractivity contribution in [3.8, 4) is 5.75 Å². The molecular weight excluding hydrogens is 180 g/mol. The quantitative estimate of drug-likeness (QED) is 0.748. The van der Waals surface area contributed by atoms with Crippen LogP contribution in [0.5, 0.6) is 5.75 Å². The number of primary amides is 1. The van der Waals surface area contributed by atoms with Crippen molar-refractivity contribution in [2.45, 2.75) is 0 Å². The molecule has 0 fully saturated rings. The number of aromatic amines is 1. The summed E-state index contributed by atoms with van der Waals surface area (Å²) in [6.45, 7) is 0. The lowest BCUT2D eigenvalue weighted by molar-refractivity contribution is 0.0997. The van der Waals surface area contributed by atoms with Crippen molar-refractivity contribution < 1.29 is 9.53 Å². The van der Waals surface area contributed by atoms with Gasteiger partial charge in [0.2, 0.25) is 0 Å². The first-order chi connectivity index (χ1) is 6.72. The average Bonchev–Trinajstić information content (AvgIpc) is 2.62. The molecule has 0 bridgehead atoms. The highest BCUT2D eigenvalue weighted by Crippen LogP contribution is 2.24. The van der Waals surface area contributed by atoms with E-state index in [-0.39, 0.29) is 0 Å². The van der Waals surface area contributed by atoms with E-state index in [4.69, 9.17) is 10.5 Å². The summed E-state index contributed by atoms with van der Waals surface area (Å²) in [5, 5.41) is 0.992. The lowest BCUT2D eigenvalue weighted by Gasteiger charge is -2.05. The van der Waals surface area contributed by atoms with Crippen LogP contribution in [0.25, 0.3) is 10.9 Å². The van der Waals surface area contributed by atoms with Crippen LogP contribution in [0, 0.1) is 0 Å². The van der Waals surface area contributed by atoms with Gasteiger partial charge in [-0.25, -0.2) is 0 Å². The number of amides is 1. The van der Waals surface area contributed by atoms with E-state index in [1.54, 1.807) is 18.3 Å². The third kappa shape index (κ3) is 1.21. The molecule has 72 valence electrons. The molecule has 4 heteroatoms. The Labute approximate surface area is 80.7 Å². The Hall–Kier alpha value is -1.97. The van der Waals surface area contributed by atoms with Crippen LogP contribution in [0.2, 0.25) is 0 Å². The number of nitrogens with two attached hydrogens (primary N) is 1. The maximum atomic E-state index is 11.1. The second kappa shape index (κ2) is 3.06. The van der Waals surface area contributed by atoms with Gasteiger partial charge < -0.3 is 15.5 Å². The molecule has 0 aliphatic rings. The van der Waals surface area contributed by atoms with Crippen LogP contribution in [-0.2, 0) is 0 Å². The van der Waals surface area contributed by atoms with Crippen molar-refractivity contribution in [1.82, 2.24) is 4.98 Å². The summed E-state index contributed by atoms with van der Waals surface area (Å²) in [6, 6.07) is 5.38. The largest absolute Gasteiger partial charge is 0.496 e. The van der Waals surface area contributed by atoms with Gasteiger partial charge >= 0.3 is 0 Å². The standard InChI is InChI=1S/C10H10N2O2/c1-14-9-4-6-2-3-12-8(6)5-7(9)10(11)13/h2-5,12H,1H3,(H2,11,13). The number of H-pyrrole nitrogens is 1. The summed E-state index contributed by atoms with van der Waals surface area (Å²) < 4.78 is 5.07. The Bertz CT molecular complexity index is 488. The fourth-order valence-corrected chi connectivity index (χ4v) is 1.44. The molecule has 4 nitrogen and oxygen atoms in total. The van der Waals surface area contributed by atoms with Crippen molar-refractivity contribution in [3.05, 3.63) is 30.0 Å². The van der Waals surface area contributed by atoms with E-state index in [0.29, 0.717) is 11.3 Å². The van der Waals surface area contributed by atoms with E-state index < -0.39 is 5.91 Å². The summed E-state index contributed by atoms with van der Waals surface area (Å²) in [7, 11) is 1.51. The topological polar surface area (TPSA) is 68.1 Å². The maximum Gasteiger partial charge on any atom is 0.252 e. The van der Waals surface area contributed by atoms with Crippen LogP contribution in [0.1, 0.15) is 10.4 Å². The first-order valence-electron chi connectivity index (χ1n) is 4.17. The molecule has 2 aromatic rings. The molecule has 0 aliphatic heterocycles. The first kappa shape index (κ1) is 8.62. The third-order valence-corrected chi connectivity index (χ3v) is 2.14. The Kier molecular flexibility index (Phi) is 1.89. The van der Waals surface area contributed by atoms with E-state index in [1.165, 1.54) is 7.11 Å². The van der Waals surface area contributed by atoms with Crippen LogP contribution in [0.15, 0.2) is 24.4 Å². The molecule has 14 heavy (non-hydrogen) atoms. The van der Waals surface area contributed by atoms with Gasteiger partial charge in [0.05, 0.1) is 12.7 Å². The predicted octanol–water partition coefficient (Wildman–Crippen LogP) is 1.28. The van der Waals surface area contributed by atoms with E-state index in [1.807, 2.05) is 6.07 Å². The zero-order valence-electron chi connectivity index (χ0n) is 7.70. The van der Waals surface area contributed by atoms with Gasteiger partial charge in [-0.3, -0.25) is 4.79 Å². The van der Waals surface area contributed by atoms with Crippen molar-refractivity contribution in [3.63, 3.8) is 0 Å². The van der Waals surface area contributed by atoms with Crippen LogP contribution < -0.4 is 10.5 Å². The molecule has 1 aromatic heterocycles. The zero-order chi connectivity index (χ0) is 10.1. The van der Waals surface area contributed by atoms with E-state index in [9.17, 15) is 4.79 Å². The van der Waals surface area contributed by atoms with Gasteiger partial charge in [-0.05, 0) is 18.2 Å². The van der Waals surface area contributed by atoms with Crippen LogP contribution >= 0.6 is 0 Å². The highest BCUT2D eigenvalue weighted by molar-refractivity contribution is 6.00. The number of aromatic nitrogens is 1. The maximum absolute atomic E-state index is 11.1. The normalized spacial score (nSPS) is 10.4. The molecule has 0 unspecified atom stereocenters. The lowest BCUT2D eigenvalue weighted by atomic mass is 10.1. The molecule has 3 N–H and O–H groups in total. The summed E-state index contributed by atoms with van der Waals surface area (Å²) in [6.07, 6.45) is 1.80. The van der Waals surface area contributed by atoms with Gasteiger partial charge in [-0.15, -0.1) is 0 Å². The molecule has 0 spiro atoms. The minimum Gasteiger partial charge on any atom is -0.496 e. The number of carbonyl (C=O) groups is 1. The monoisotopic (exact) mass is 190 g/mol. The Balaban J connectivity index is 2.72. The summed E-state index contributed by atoms with van der Waals surface area (Å²) in [4.78, 5) is 14.1. The van der Waals surface area contributed by atoms with Gasteiger partial charge in [0, 0.05) is 17.1 Å². The van der Waals surface area contributed by atoms with E-state index in [0.717, 1.165) is 10.9 Å². The summed E-state index contributed by atoms with van der Waals surface area (Å²) >= 11 is 0. The Morgan fingerprint density at radius 1 is 1.50 bits per heavy atom. The fraction of sp³-hybridized carbons (Fsp3) is 0.100. The predicted molar refractivity (Wildman–Crippen MR) is 53.4 cm³/mol. The number of ether oxygens (including phenoxy) is 1. The number of benzene rings is 1. The number of rotatable bonds is 2. The summed E-state index contributed by atoms with van der Waals surface area (Å²) in [5.41, 5.74) is 6.48. The molecular formula is C10H10N2O2. The number of nitrogens with one attached hydrogen (secondary N) is 1. The minimum atomic E-state index is -0.488. The SMILES string of the molecule is COc1cc2cc[nH]c2cc1C(N)=O. The number of methoxy groups -OCH3 is 1. The zero-order valence-corrected chi connectivity index (χ0v) is 7.70. The van der Waals surface area contributed by atoms with Gasteiger partial charge in [0.25, 0.3) is 5.91 Å². The third-order valence-electron chi connectivity index (χ3n) is 2.14. The molecule has 1 aromatic carbocycles. The molecule has 1 heterocycles. The van der Waals surface area contributed by atoms with Gasteiger partial charge in [0.15, 0.2) is 0 Å². The van der Waals surface area contributed by atoms with Crippen molar-refractivity contribution in [2.75, 3.05) is 7.11 Å². The smallest absolute Gasteiger partial charge is 0.252 e. The lowest BCUT2D eigenvalue weighted by Crippen LogP contribution is -2.12. The Morgan fingerprint density at radius 3 is 2.93 bits per heavy atom. The number of hydrogen-bond acceptors (Lipinski definition) is 2.